The third-order valence-electron chi connectivity index (χ3n) is 3.25. The molecule has 2 rings (SSSR count). The smallest absolute Gasteiger partial charge is 0.259 e. The Morgan fingerprint density at radius 3 is 2.70 bits per heavy atom. The molecule has 20 heavy (non-hydrogen) atoms. The lowest BCUT2D eigenvalue weighted by atomic mass is 10.1. The number of piperidine rings is 1. The molecule has 0 spiro atoms. The number of rotatable bonds is 5. The Kier molecular flexibility index (Phi) is 4.74. The molecule has 1 fully saturated rings. The van der Waals surface area contributed by atoms with Crippen LogP contribution in [0.5, 0.6) is 0 Å². The van der Waals surface area contributed by atoms with Crippen molar-refractivity contribution in [1.82, 2.24) is 19.2 Å². The molecule has 1 saturated heterocycles. The summed E-state index contributed by atoms with van der Waals surface area (Å²) in [6.45, 7) is 2.16. The number of nitrogens with two attached hydrogens (primary N) is 1. The molecule has 1 aliphatic rings. The van der Waals surface area contributed by atoms with Crippen LogP contribution in [0.4, 0.5) is 0 Å². The summed E-state index contributed by atoms with van der Waals surface area (Å²) in [4.78, 5) is 6.48. The summed E-state index contributed by atoms with van der Waals surface area (Å²) in [5.74, 6) is 0. The predicted molar refractivity (Wildman–Crippen MR) is 79.8 cm³/mol. The number of aryl methyl sites for hydroxylation is 1. The molecule has 0 aliphatic carbocycles. The highest BCUT2D eigenvalue weighted by Crippen LogP contribution is 2.13. The van der Waals surface area contributed by atoms with E-state index in [1.807, 2.05) is 0 Å². The van der Waals surface area contributed by atoms with Crippen LogP contribution >= 0.6 is 12.2 Å². The van der Waals surface area contributed by atoms with E-state index in [1.54, 1.807) is 11.6 Å². The molecule has 1 aromatic heterocycles. The fourth-order valence-electron chi connectivity index (χ4n) is 2.24. The van der Waals surface area contributed by atoms with E-state index in [1.165, 1.54) is 12.5 Å². The molecule has 9 heteroatoms. The van der Waals surface area contributed by atoms with Crippen LogP contribution in [0, 0.1) is 0 Å². The van der Waals surface area contributed by atoms with E-state index in [4.69, 9.17) is 18.0 Å². The van der Waals surface area contributed by atoms with E-state index in [0.29, 0.717) is 11.5 Å². The second-order valence-electron chi connectivity index (χ2n) is 5.02. The molecule has 0 aromatic carbocycles. The Balaban J connectivity index is 1.91. The van der Waals surface area contributed by atoms with Gasteiger partial charge in [-0.3, -0.25) is 4.90 Å². The van der Waals surface area contributed by atoms with Crippen molar-refractivity contribution in [3.63, 3.8) is 0 Å². The van der Waals surface area contributed by atoms with Crippen LogP contribution in [-0.4, -0.2) is 53.5 Å². The summed E-state index contributed by atoms with van der Waals surface area (Å²) < 4.78 is 28.6. The van der Waals surface area contributed by atoms with Crippen molar-refractivity contribution in [3.8, 4) is 0 Å². The van der Waals surface area contributed by atoms with E-state index in [9.17, 15) is 8.42 Å². The van der Waals surface area contributed by atoms with Crippen LogP contribution in [0.2, 0.25) is 0 Å². The fraction of sp³-hybridized carbons (Fsp3) is 0.636. The van der Waals surface area contributed by atoms with E-state index < -0.39 is 10.0 Å². The number of thiocarbonyl (C=S) groups is 1. The van der Waals surface area contributed by atoms with Crippen LogP contribution < -0.4 is 10.5 Å². The van der Waals surface area contributed by atoms with E-state index in [0.717, 1.165) is 25.9 Å². The summed E-state index contributed by atoms with van der Waals surface area (Å²) in [6, 6.07) is -0.0652. The van der Waals surface area contributed by atoms with Gasteiger partial charge in [0.2, 0.25) is 0 Å². The highest BCUT2D eigenvalue weighted by atomic mass is 32.2. The third kappa shape index (κ3) is 3.98. The summed E-state index contributed by atoms with van der Waals surface area (Å²) in [5, 5.41) is 0.0607. The number of likely N-dealkylation sites (tertiary alicyclic amines) is 1. The molecule has 0 atom stereocenters. The number of hydrogen-bond donors (Lipinski definition) is 2. The molecule has 1 aromatic rings. The lowest BCUT2D eigenvalue weighted by Gasteiger charge is -2.31. The minimum Gasteiger partial charge on any atom is -0.392 e. The Labute approximate surface area is 124 Å². The van der Waals surface area contributed by atoms with Crippen LogP contribution in [0.25, 0.3) is 0 Å². The van der Waals surface area contributed by atoms with Gasteiger partial charge in [-0.05, 0) is 12.8 Å². The third-order valence-corrected chi connectivity index (χ3v) is 4.78. The van der Waals surface area contributed by atoms with Gasteiger partial charge < -0.3 is 10.3 Å². The van der Waals surface area contributed by atoms with Gasteiger partial charge in [-0.15, -0.1) is 0 Å². The number of sulfonamides is 1. The van der Waals surface area contributed by atoms with Gasteiger partial charge in [0, 0.05) is 38.9 Å². The van der Waals surface area contributed by atoms with Crippen molar-refractivity contribution in [1.29, 1.82) is 0 Å². The average molecular weight is 317 g/mol. The van der Waals surface area contributed by atoms with Crippen molar-refractivity contribution < 1.29 is 8.42 Å². The van der Waals surface area contributed by atoms with Crippen molar-refractivity contribution in [2.45, 2.75) is 23.9 Å². The lowest BCUT2D eigenvalue weighted by molar-refractivity contribution is 0.232. The van der Waals surface area contributed by atoms with Gasteiger partial charge in [0.1, 0.15) is 0 Å². The van der Waals surface area contributed by atoms with Gasteiger partial charge in [-0.25, -0.2) is 18.1 Å². The zero-order valence-corrected chi connectivity index (χ0v) is 13.0. The molecule has 0 amide bonds. The standard InChI is InChI=1S/C11H19N5O2S2/c1-15-7-11(13-8-15)20(17,18)14-9-2-4-16(5-3-9)6-10(12)19/h7-9,14H,2-6H2,1H3,(H2,12,19). The second-order valence-corrected chi connectivity index (χ2v) is 7.20. The quantitative estimate of drug-likeness (QED) is 0.708. The van der Waals surface area contributed by atoms with Crippen LogP contribution in [0.1, 0.15) is 12.8 Å². The zero-order valence-electron chi connectivity index (χ0n) is 11.3. The minimum absolute atomic E-state index is 0.0607. The summed E-state index contributed by atoms with van der Waals surface area (Å²) in [7, 11) is -1.79. The van der Waals surface area contributed by atoms with Gasteiger partial charge in [0.25, 0.3) is 10.0 Å². The Morgan fingerprint density at radius 1 is 1.55 bits per heavy atom. The normalized spacial score (nSPS) is 18.2. The largest absolute Gasteiger partial charge is 0.392 e. The van der Waals surface area contributed by atoms with Gasteiger partial charge in [-0.1, -0.05) is 12.2 Å². The molecular weight excluding hydrogens is 298 g/mol. The highest BCUT2D eigenvalue weighted by Gasteiger charge is 2.25. The molecule has 0 saturated carbocycles. The van der Waals surface area contributed by atoms with Gasteiger partial charge in [-0.2, -0.15) is 0 Å². The Bertz CT molecular complexity index is 575. The molecule has 0 radical (unpaired) electrons. The number of hydrogen-bond acceptors (Lipinski definition) is 5. The molecule has 0 bridgehead atoms. The summed E-state index contributed by atoms with van der Waals surface area (Å²) in [5.41, 5.74) is 5.51. The molecular formula is C11H19N5O2S2. The van der Waals surface area contributed by atoms with Crippen LogP contribution in [0.15, 0.2) is 17.6 Å². The SMILES string of the molecule is Cn1cnc(S(=O)(=O)NC2CCN(CC(N)=S)CC2)c1. The number of nitrogens with one attached hydrogen (secondary N) is 1. The van der Waals surface area contributed by atoms with Crippen LogP contribution in [0.3, 0.4) is 0 Å². The maximum atomic E-state index is 12.1. The maximum absolute atomic E-state index is 12.1. The number of nitrogens with zero attached hydrogens (tertiary/aromatic N) is 3. The molecule has 2 heterocycles. The van der Waals surface area contributed by atoms with Gasteiger partial charge in [0.05, 0.1) is 11.3 Å². The van der Waals surface area contributed by atoms with Gasteiger partial charge in [0.15, 0.2) is 5.03 Å². The fourth-order valence-corrected chi connectivity index (χ4v) is 3.71. The Hall–Kier alpha value is -1.03. The number of aromatic nitrogens is 2. The topological polar surface area (TPSA) is 93.2 Å². The molecule has 1 aliphatic heterocycles. The van der Waals surface area contributed by atoms with Crippen LogP contribution in [-0.2, 0) is 17.1 Å². The average Bonchev–Trinajstić information content (AvgIpc) is 2.78. The molecule has 112 valence electrons. The first-order valence-corrected chi connectivity index (χ1v) is 8.27. The minimum atomic E-state index is -3.53. The number of imidazole rings is 1. The van der Waals surface area contributed by atoms with E-state index >= 15 is 0 Å². The van der Waals surface area contributed by atoms with Crippen molar-refractivity contribution in [2.24, 2.45) is 12.8 Å². The molecule has 7 nitrogen and oxygen atoms in total. The lowest BCUT2D eigenvalue weighted by Crippen LogP contribution is -2.46. The predicted octanol–water partition coefficient (Wildman–Crippen LogP) is -0.551. The van der Waals surface area contributed by atoms with Crippen molar-refractivity contribution in [3.05, 3.63) is 12.5 Å². The summed E-state index contributed by atoms with van der Waals surface area (Å²) in [6.07, 6.45) is 4.45. The van der Waals surface area contributed by atoms with E-state index in [2.05, 4.69) is 14.6 Å². The second kappa shape index (κ2) is 6.17. The first-order chi connectivity index (χ1) is 9.37. The first kappa shape index (κ1) is 15.4. The van der Waals surface area contributed by atoms with E-state index in [-0.39, 0.29) is 11.1 Å². The molecule has 0 unspecified atom stereocenters. The monoisotopic (exact) mass is 317 g/mol. The molecule has 3 N–H and O–H groups in total. The van der Waals surface area contributed by atoms with Crippen molar-refractivity contribution >= 4 is 27.2 Å². The maximum Gasteiger partial charge on any atom is 0.259 e. The van der Waals surface area contributed by atoms with Crippen molar-refractivity contribution in [2.75, 3.05) is 19.6 Å². The van der Waals surface area contributed by atoms with Gasteiger partial charge >= 0.3 is 0 Å². The zero-order chi connectivity index (χ0) is 14.8. The highest BCUT2D eigenvalue weighted by molar-refractivity contribution is 7.89. The first-order valence-electron chi connectivity index (χ1n) is 6.38. The Morgan fingerprint density at radius 2 is 2.20 bits per heavy atom. The summed E-state index contributed by atoms with van der Waals surface area (Å²) >= 11 is 4.87.